The monoisotopic (exact) mass is 383 g/mol. The van der Waals surface area contributed by atoms with Crippen molar-refractivity contribution in [3.8, 4) is 0 Å². The van der Waals surface area contributed by atoms with E-state index in [2.05, 4.69) is 81.8 Å². The number of benzene rings is 2. The molecule has 1 aliphatic rings. The molecule has 0 spiro atoms. The van der Waals surface area contributed by atoms with Crippen LogP contribution in [0.1, 0.15) is 36.9 Å². The zero-order valence-electron chi connectivity index (χ0n) is 14.2. The third-order valence-electron chi connectivity index (χ3n) is 5.05. The molecule has 2 heterocycles. The minimum atomic E-state index is 0.416. The lowest BCUT2D eigenvalue weighted by Gasteiger charge is -2.38. The van der Waals surface area contributed by atoms with Crippen molar-refractivity contribution in [1.29, 1.82) is 0 Å². The fourth-order valence-corrected chi connectivity index (χ4v) is 4.24. The summed E-state index contributed by atoms with van der Waals surface area (Å²) in [5.74, 6) is 1.08. The lowest BCUT2D eigenvalue weighted by Crippen LogP contribution is -2.37. The molecule has 0 saturated carbocycles. The van der Waals surface area contributed by atoms with Crippen molar-refractivity contribution in [2.45, 2.75) is 32.2 Å². The summed E-state index contributed by atoms with van der Waals surface area (Å²) >= 11 is 3.56. The zero-order chi connectivity index (χ0) is 16.7. The van der Waals surface area contributed by atoms with Gasteiger partial charge in [0, 0.05) is 18.1 Å². The smallest absolute Gasteiger partial charge is 0.206 e. The van der Waals surface area contributed by atoms with Gasteiger partial charge in [-0.1, -0.05) is 53.5 Å². The molecule has 2 aromatic carbocycles. The first-order valence-corrected chi connectivity index (χ1v) is 9.44. The van der Waals surface area contributed by atoms with E-state index in [9.17, 15) is 0 Å². The average molecular weight is 384 g/mol. The summed E-state index contributed by atoms with van der Waals surface area (Å²) in [6.45, 7) is 3.29. The number of imidazole rings is 1. The highest BCUT2D eigenvalue weighted by atomic mass is 79.9. The Morgan fingerprint density at radius 3 is 2.88 bits per heavy atom. The Kier molecular flexibility index (Phi) is 4.09. The number of hydrogen-bond acceptors (Lipinski definition) is 2. The van der Waals surface area contributed by atoms with E-state index >= 15 is 0 Å². The zero-order valence-corrected chi connectivity index (χ0v) is 15.8. The SMILES string of the molecule is CCCC1c2ccccc2CCN1c1nc2cc(Br)ccc2n1C. The van der Waals surface area contributed by atoms with Crippen LogP contribution in [0.4, 0.5) is 5.95 Å². The lowest BCUT2D eigenvalue weighted by atomic mass is 9.90. The van der Waals surface area contributed by atoms with Gasteiger partial charge in [-0.15, -0.1) is 0 Å². The molecular formula is C20H22BrN3. The van der Waals surface area contributed by atoms with Gasteiger partial charge < -0.3 is 9.47 Å². The Morgan fingerprint density at radius 2 is 2.04 bits per heavy atom. The van der Waals surface area contributed by atoms with Gasteiger partial charge in [-0.3, -0.25) is 0 Å². The first-order valence-electron chi connectivity index (χ1n) is 8.65. The first-order chi connectivity index (χ1) is 11.7. The quantitative estimate of drug-likeness (QED) is 0.616. The summed E-state index contributed by atoms with van der Waals surface area (Å²) in [6, 6.07) is 15.6. The molecule has 1 atom stereocenters. The van der Waals surface area contributed by atoms with Crippen molar-refractivity contribution in [2.24, 2.45) is 7.05 Å². The van der Waals surface area contributed by atoms with Crippen LogP contribution in [-0.2, 0) is 13.5 Å². The molecule has 4 heteroatoms. The Balaban J connectivity index is 1.82. The van der Waals surface area contributed by atoms with E-state index in [1.54, 1.807) is 0 Å². The molecule has 3 nitrogen and oxygen atoms in total. The molecule has 1 aliphatic heterocycles. The third kappa shape index (κ3) is 2.53. The van der Waals surface area contributed by atoms with E-state index in [0.29, 0.717) is 6.04 Å². The second kappa shape index (κ2) is 6.25. The van der Waals surface area contributed by atoms with Crippen molar-refractivity contribution in [3.63, 3.8) is 0 Å². The highest BCUT2D eigenvalue weighted by Crippen LogP contribution is 2.37. The second-order valence-corrected chi connectivity index (χ2v) is 7.47. The minimum Gasteiger partial charge on any atom is -0.335 e. The number of aryl methyl sites for hydroxylation is 1. The van der Waals surface area contributed by atoms with Gasteiger partial charge in [0.15, 0.2) is 0 Å². The van der Waals surface area contributed by atoms with Crippen LogP contribution in [0.25, 0.3) is 11.0 Å². The molecular weight excluding hydrogens is 362 g/mol. The molecule has 124 valence electrons. The highest BCUT2D eigenvalue weighted by Gasteiger charge is 2.29. The van der Waals surface area contributed by atoms with Crippen molar-refractivity contribution in [3.05, 3.63) is 58.1 Å². The number of rotatable bonds is 3. The van der Waals surface area contributed by atoms with Crippen LogP contribution in [0.5, 0.6) is 0 Å². The van der Waals surface area contributed by atoms with E-state index in [-0.39, 0.29) is 0 Å². The van der Waals surface area contributed by atoms with Crippen LogP contribution in [0.2, 0.25) is 0 Å². The summed E-state index contributed by atoms with van der Waals surface area (Å²) in [5, 5.41) is 0. The highest BCUT2D eigenvalue weighted by molar-refractivity contribution is 9.10. The van der Waals surface area contributed by atoms with Gasteiger partial charge in [-0.05, 0) is 42.2 Å². The summed E-state index contributed by atoms with van der Waals surface area (Å²) < 4.78 is 3.31. The predicted molar refractivity (Wildman–Crippen MR) is 104 cm³/mol. The van der Waals surface area contributed by atoms with E-state index in [4.69, 9.17) is 4.98 Å². The molecule has 0 amide bonds. The summed E-state index contributed by atoms with van der Waals surface area (Å²) in [7, 11) is 2.13. The molecule has 4 rings (SSSR count). The summed E-state index contributed by atoms with van der Waals surface area (Å²) in [4.78, 5) is 7.46. The van der Waals surface area contributed by atoms with E-state index < -0.39 is 0 Å². The van der Waals surface area contributed by atoms with Crippen molar-refractivity contribution < 1.29 is 0 Å². The number of nitrogens with zero attached hydrogens (tertiary/aromatic N) is 3. The molecule has 3 aromatic rings. The first kappa shape index (κ1) is 15.7. The van der Waals surface area contributed by atoms with E-state index in [0.717, 1.165) is 35.3 Å². The van der Waals surface area contributed by atoms with Gasteiger partial charge in [-0.2, -0.15) is 0 Å². The Morgan fingerprint density at radius 1 is 1.21 bits per heavy atom. The number of anilines is 1. The lowest BCUT2D eigenvalue weighted by molar-refractivity contribution is 0.524. The van der Waals surface area contributed by atoms with E-state index in [1.165, 1.54) is 23.1 Å². The third-order valence-corrected chi connectivity index (χ3v) is 5.54. The molecule has 0 aliphatic carbocycles. The van der Waals surface area contributed by atoms with Gasteiger partial charge in [0.2, 0.25) is 5.95 Å². The second-order valence-electron chi connectivity index (χ2n) is 6.55. The number of aromatic nitrogens is 2. The van der Waals surface area contributed by atoms with Gasteiger partial charge in [0.05, 0.1) is 17.1 Å². The molecule has 1 aromatic heterocycles. The molecule has 0 radical (unpaired) electrons. The van der Waals surface area contributed by atoms with Crippen LogP contribution in [0.15, 0.2) is 46.9 Å². The largest absolute Gasteiger partial charge is 0.335 e. The van der Waals surface area contributed by atoms with Crippen LogP contribution in [-0.4, -0.2) is 16.1 Å². The Bertz CT molecular complexity index is 884. The topological polar surface area (TPSA) is 21.1 Å². The number of fused-ring (bicyclic) bond motifs is 2. The predicted octanol–water partition coefficient (Wildman–Crippen LogP) is 5.24. The number of halogens is 1. The standard InChI is InChI=1S/C20H22BrN3/c1-3-6-18-16-8-5-4-7-14(16)11-12-24(18)20-22-17-13-15(21)9-10-19(17)23(20)2/h4-5,7-10,13,18H,3,6,11-12H2,1-2H3. The molecule has 0 N–H and O–H groups in total. The summed E-state index contributed by atoms with van der Waals surface area (Å²) in [6.07, 6.45) is 3.41. The fraction of sp³-hybridized carbons (Fsp3) is 0.350. The van der Waals surface area contributed by atoms with Gasteiger partial charge >= 0.3 is 0 Å². The molecule has 0 saturated heterocycles. The maximum absolute atomic E-state index is 4.96. The average Bonchev–Trinajstić information content (AvgIpc) is 2.91. The Labute approximate surface area is 151 Å². The van der Waals surface area contributed by atoms with Crippen molar-refractivity contribution in [2.75, 3.05) is 11.4 Å². The van der Waals surface area contributed by atoms with Gasteiger partial charge in [-0.25, -0.2) is 4.98 Å². The van der Waals surface area contributed by atoms with Crippen LogP contribution in [0, 0.1) is 0 Å². The van der Waals surface area contributed by atoms with Crippen molar-refractivity contribution in [1.82, 2.24) is 9.55 Å². The fourth-order valence-electron chi connectivity index (χ4n) is 3.89. The van der Waals surface area contributed by atoms with Crippen molar-refractivity contribution >= 4 is 32.9 Å². The molecule has 0 fully saturated rings. The maximum Gasteiger partial charge on any atom is 0.206 e. The van der Waals surface area contributed by atoms with Crippen LogP contribution in [0.3, 0.4) is 0 Å². The van der Waals surface area contributed by atoms with Crippen LogP contribution >= 0.6 is 15.9 Å². The molecule has 24 heavy (non-hydrogen) atoms. The normalized spacial score (nSPS) is 17.3. The Hall–Kier alpha value is -1.81. The molecule has 1 unspecified atom stereocenters. The molecule has 0 bridgehead atoms. The van der Waals surface area contributed by atoms with Gasteiger partial charge in [0.25, 0.3) is 0 Å². The van der Waals surface area contributed by atoms with E-state index in [1.807, 2.05) is 0 Å². The summed E-state index contributed by atoms with van der Waals surface area (Å²) in [5.41, 5.74) is 5.20. The number of hydrogen-bond donors (Lipinski definition) is 0. The minimum absolute atomic E-state index is 0.416. The van der Waals surface area contributed by atoms with Crippen LogP contribution < -0.4 is 4.90 Å². The van der Waals surface area contributed by atoms with Gasteiger partial charge in [0.1, 0.15) is 0 Å². The maximum atomic E-state index is 4.96.